The van der Waals surface area contributed by atoms with E-state index in [9.17, 15) is 9.59 Å². The summed E-state index contributed by atoms with van der Waals surface area (Å²) in [6.45, 7) is 4.79. The van der Waals surface area contributed by atoms with Crippen molar-refractivity contribution in [2.45, 2.75) is 13.0 Å². The second-order valence-corrected chi connectivity index (χ2v) is 10.3. The van der Waals surface area contributed by atoms with E-state index in [1.165, 1.54) is 9.78 Å². The fraction of sp³-hybridized carbons (Fsp3) is 0.269. The number of thiophene rings is 1. The molecule has 0 spiro atoms. The lowest BCUT2D eigenvalue weighted by atomic mass is 10.1. The van der Waals surface area contributed by atoms with Gasteiger partial charge >= 0.3 is 0 Å². The SMILES string of the molecule is Cc1cc2c(s1)Nc1ccccc1N=C2N1CCN(C)C(CN2C(=O)c3ccccc3C2=O)C1. The molecule has 2 amide bonds. The molecular formula is C26H25N5O2S. The fourth-order valence-electron chi connectivity index (χ4n) is 4.94. The molecule has 1 N–H and O–H groups in total. The summed E-state index contributed by atoms with van der Waals surface area (Å²) in [7, 11) is 2.06. The number of carbonyl (C=O) groups excluding carboxylic acids is 2. The number of para-hydroxylation sites is 2. The Morgan fingerprint density at radius 3 is 2.47 bits per heavy atom. The number of benzene rings is 2. The van der Waals surface area contributed by atoms with E-state index in [-0.39, 0.29) is 17.9 Å². The first kappa shape index (κ1) is 21.1. The highest BCUT2D eigenvalue weighted by Gasteiger charge is 2.39. The van der Waals surface area contributed by atoms with Gasteiger partial charge in [0.2, 0.25) is 0 Å². The molecule has 8 heteroatoms. The summed E-state index contributed by atoms with van der Waals surface area (Å²) < 4.78 is 0. The van der Waals surface area contributed by atoms with Crippen LogP contribution in [0.3, 0.4) is 0 Å². The Morgan fingerprint density at radius 1 is 1.00 bits per heavy atom. The number of hydrogen-bond acceptors (Lipinski definition) is 7. The van der Waals surface area contributed by atoms with E-state index in [1.807, 2.05) is 18.2 Å². The number of rotatable bonds is 2. The van der Waals surface area contributed by atoms with E-state index in [4.69, 9.17) is 4.99 Å². The molecule has 172 valence electrons. The van der Waals surface area contributed by atoms with Gasteiger partial charge in [-0.1, -0.05) is 24.3 Å². The number of likely N-dealkylation sites (N-methyl/N-ethyl adjacent to an activating group) is 1. The molecule has 7 nitrogen and oxygen atoms in total. The number of nitrogens with one attached hydrogen (secondary N) is 1. The van der Waals surface area contributed by atoms with Gasteiger partial charge in [-0.25, -0.2) is 4.99 Å². The molecule has 3 aliphatic rings. The number of anilines is 2. The summed E-state index contributed by atoms with van der Waals surface area (Å²) in [5.74, 6) is 0.538. The lowest BCUT2D eigenvalue weighted by Gasteiger charge is -2.41. The van der Waals surface area contributed by atoms with Gasteiger partial charge in [-0.15, -0.1) is 11.3 Å². The van der Waals surface area contributed by atoms with Gasteiger partial charge in [0.15, 0.2) is 0 Å². The molecule has 34 heavy (non-hydrogen) atoms. The Hall–Kier alpha value is -3.49. The number of nitrogens with zero attached hydrogens (tertiary/aromatic N) is 4. The van der Waals surface area contributed by atoms with E-state index in [0.29, 0.717) is 24.2 Å². The normalized spacial score (nSPS) is 19.8. The number of carbonyl (C=O) groups is 2. The predicted molar refractivity (Wildman–Crippen MR) is 135 cm³/mol. The first-order valence-electron chi connectivity index (χ1n) is 11.5. The highest BCUT2D eigenvalue weighted by molar-refractivity contribution is 7.16. The molecule has 1 atom stereocenters. The van der Waals surface area contributed by atoms with Crippen LogP contribution in [0.2, 0.25) is 0 Å². The van der Waals surface area contributed by atoms with E-state index in [1.54, 1.807) is 35.6 Å². The maximum Gasteiger partial charge on any atom is 0.261 e. The third-order valence-corrected chi connectivity index (χ3v) is 7.79. The Bertz CT molecular complexity index is 1310. The summed E-state index contributed by atoms with van der Waals surface area (Å²) >= 11 is 1.73. The van der Waals surface area contributed by atoms with Crippen molar-refractivity contribution in [2.24, 2.45) is 4.99 Å². The molecule has 1 fully saturated rings. The van der Waals surface area contributed by atoms with Crippen molar-refractivity contribution >= 4 is 45.4 Å². The number of aliphatic imine (C=N–C) groups is 1. The molecule has 4 heterocycles. The molecule has 0 aliphatic carbocycles. The van der Waals surface area contributed by atoms with Gasteiger partial charge in [0, 0.05) is 37.1 Å². The average molecular weight is 472 g/mol. The van der Waals surface area contributed by atoms with Crippen LogP contribution in [0.5, 0.6) is 0 Å². The molecule has 0 radical (unpaired) electrons. The average Bonchev–Trinajstić information content (AvgIpc) is 3.26. The lowest BCUT2D eigenvalue weighted by molar-refractivity contribution is 0.0549. The predicted octanol–water partition coefficient (Wildman–Crippen LogP) is 4.10. The summed E-state index contributed by atoms with van der Waals surface area (Å²) in [6, 6.07) is 17.4. The molecule has 3 aromatic rings. The fourth-order valence-corrected chi connectivity index (χ4v) is 5.86. The van der Waals surface area contributed by atoms with Gasteiger partial charge in [-0.05, 0) is 44.3 Å². The van der Waals surface area contributed by atoms with E-state index < -0.39 is 0 Å². The maximum atomic E-state index is 13.0. The van der Waals surface area contributed by atoms with Crippen LogP contribution in [0.4, 0.5) is 16.4 Å². The summed E-state index contributed by atoms with van der Waals surface area (Å²) in [5.41, 5.74) is 4.00. The standard InChI is InChI=1S/C26H25N5O2S/c1-16-13-20-23(27-21-9-5-6-10-22(21)28-24(20)34-16)30-12-11-29(2)17(14-30)15-31-25(32)18-7-3-4-8-19(18)26(31)33/h3-10,13,17,28H,11-12,14-15H2,1-2H3. The minimum absolute atomic E-state index is 0.00769. The van der Waals surface area contributed by atoms with Crippen molar-refractivity contribution in [1.82, 2.24) is 14.7 Å². The van der Waals surface area contributed by atoms with Crippen LogP contribution in [-0.2, 0) is 0 Å². The summed E-state index contributed by atoms with van der Waals surface area (Å²) in [4.78, 5) is 38.2. The van der Waals surface area contributed by atoms with Crippen molar-refractivity contribution in [3.05, 3.63) is 76.2 Å². The van der Waals surface area contributed by atoms with Crippen molar-refractivity contribution in [2.75, 3.05) is 38.5 Å². The van der Waals surface area contributed by atoms with Gasteiger partial charge in [0.05, 0.1) is 28.1 Å². The van der Waals surface area contributed by atoms with E-state index in [0.717, 1.165) is 40.9 Å². The quantitative estimate of drug-likeness (QED) is 0.570. The maximum absolute atomic E-state index is 13.0. The molecule has 3 aliphatic heterocycles. The number of fused-ring (bicyclic) bond motifs is 3. The van der Waals surface area contributed by atoms with Crippen LogP contribution in [0.15, 0.2) is 59.6 Å². The molecule has 0 bridgehead atoms. The molecule has 0 saturated carbocycles. The van der Waals surface area contributed by atoms with Crippen LogP contribution in [0, 0.1) is 6.92 Å². The first-order chi connectivity index (χ1) is 16.5. The second kappa shape index (κ2) is 8.07. The van der Waals surface area contributed by atoms with Crippen molar-refractivity contribution in [3.63, 3.8) is 0 Å². The minimum atomic E-state index is -0.202. The number of hydrogen-bond donors (Lipinski definition) is 1. The lowest BCUT2D eigenvalue weighted by Crippen LogP contribution is -2.57. The van der Waals surface area contributed by atoms with E-state index >= 15 is 0 Å². The van der Waals surface area contributed by atoms with Crippen molar-refractivity contribution in [1.29, 1.82) is 0 Å². The Kier molecular flexibility index (Phi) is 5.00. The molecule has 6 rings (SSSR count). The smallest absolute Gasteiger partial charge is 0.261 e. The molecule has 1 unspecified atom stereocenters. The third-order valence-electron chi connectivity index (χ3n) is 6.82. The Labute approximate surface area is 202 Å². The zero-order valence-corrected chi connectivity index (χ0v) is 19.9. The van der Waals surface area contributed by atoms with Gasteiger partial charge in [0.25, 0.3) is 11.8 Å². The molecule has 2 aromatic carbocycles. The molecule has 1 saturated heterocycles. The van der Waals surface area contributed by atoms with Gasteiger partial charge < -0.3 is 10.2 Å². The number of amides is 2. The highest BCUT2D eigenvalue weighted by atomic mass is 32.1. The number of imide groups is 1. The van der Waals surface area contributed by atoms with Crippen LogP contribution in [-0.4, -0.2) is 71.6 Å². The van der Waals surface area contributed by atoms with Gasteiger partial charge in [0.1, 0.15) is 10.8 Å². The highest BCUT2D eigenvalue weighted by Crippen LogP contribution is 2.39. The summed E-state index contributed by atoms with van der Waals surface area (Å²) in [5, 5.41) is 4.66. The molecular weight excluding hydrogens is 446 g/mol. The van der Waals surface area contributed by atoms with Crippen LogP contribution in [0.1, 0.15) is 31.2 Å². The van der Waals surface area contributed by atoms with Crippen LogP contribution >= 0.6 is 11.3 Å². The van der Waals surface area contributed by atoms with Crippen molar-refractivity contribution in [3.8, 4) is 0 Å². The van der Waals surface area contributed by atoms with Crippen molar-refractivity contribution < 1.29 is 9.59 Å². The number of amidine groups is 1. The number of piperazine rings is 1. The first-order valence-corrected chi connectivity index (χ1v) is 12.3. The van der Waals surface area contributed by atoms with Crippen LogP contribution in [0.25, 0.3) is 0 Å². The second-order valence-electron chi connectivity index (χ2n) is 9.02. The topological polar surface area (TPSA) is 68.2 Å². The summed E-state index contributed by atoms with van der Waals surface area (Å²) in [6.07, 6.45) is 0. The minimum Gasteiger partial charge on any atom is -0.353 e. The Balaban J connectivity index is 1.31. The monoisotopic (exact) mass is 471 g/mol. The zero-order chi connectivity index (χ0) is 23.4. The molecule has 1 aromatic heterocycles. The van der Waals surface area contributed by atoms with Gasteiger partial charge in [-0.3, -0.25) is 19.4 Å². The number of aryl methyl sites for hydroxylation is 1. The Morgan fingerprint density at radius 2 is 1.71 bits per heavy atom. The third kappa shape index (κ3) is 3.41. The zero-order valence-electron chi connectivity index (χ0n) is 19.1. The van der Waals surface area contributed by atoms with Gasteiger partial charge in [-0.2, -0.15) is 0 Å². The van der Waals surface area contributed by atoms with E-state index in [2.05, 4.69) is 41.2 Å². The van der Waals surface area contributed by atoms with Crippen LogP contribution < -0.4 is 5.32 Å². The largest absolute Gasteiger partial charge is 0.353 e.